The molecular formula is C5H11NO. The summed E-state index contributed by atoms with van der Waals surface area (Å²) in [4.78, 5) is 0. The Morgan fingerprint density at radius 2 is 2.29 bits per heavy atom. The summed E-state index contributed by atoms with van der Waals surface area (Å²) in [5.41, 5.74) is 5.84. The van der Waals surface area contributed by atoms with Crippen molar-refractivity contribution in [2.75, 3.05) is 0 Å². The van der Waals surface area contributed by atoms with Gasteiger partial charge >= 0.3 is 0 Å². The largest absolute Gasteiger partial charge is 0.375 e. The van der Waals surface area contributed by atoms with E-state index in [4.69, 9.17) is 10.8 Å². The molecule has 2 heteroatoms. The van der Waals surface area contributed by atoms with E-state index < -0.39 is 6.23 Å². The number of allylic oxidation sites excluding steroid dienone is 1. The summed E-state index contributed by atoms with van der Waals surface area (Å²) in [5.74, 6) is 0. The van der Waals surface area contributed by atoms with Crippen LogP contribution in [0.2, 0.25) is 0 Å². The van der Waals surface area contributed by atoms with Crippen LogP contribution in [0.3, 0.4) is 0 Å². The maximum absolute atomic E-state index is 8.53. The van der Waals surface area contributed by atoms with Gasteiger partial charge in [-0.3, -0.25) is 0 Å². The highest BCUT2D eigenvalue weighted by atomic mass is 16.3. The molecule has 0 rings (SSSR count). The standard InChI is InChI=1S/C5H11NO/c1-3-4(2)5(6)7/h3,5,7H,6H2,1-2H3. The van der Waals surface area contributed by atoms with E-state index >= 15 is 0 Å². The zero-order chi connectivity index (χ0) is 5.86. The molecule has 0 bridgehead atoms. The third-order valence-corrected chi connectivity index (χ3v) is 0.922. The highest BCUT2D eigenvalue weighted by molar-refractivity contribution is 4.99. The van der Waals surface area contributed by atoms with Crippen LogP contribution >= 0.6 is 0 Å². The number of hydrogen-bond acceptors (Lipinski definition) is 2. The lowest BCUT2D eigenvalue weighted by molar-refractivity contribution is 0.219. The van der Waals surface area contributed by atoms with E-state index in [0.29, 0.717) is 0 Å². The summed E-state index contributed by atoms with van der Waals surface area (Å²) < 4.78 is 0. The van der Waals surface area contributed by atoms with Crippen molar-refractivity contribution in [3.8, 4) is 0 Å². The van der Waals surface area contributed by atoms with Gasteiger partial charge in [0.2, 0.25) is 0 Å². The fraction of sp³-hybridized carbons (Fsp3) is 0.600. The SMILES string of the molecule is CC=C(C)C(N)O. The Morgan fingerprint density at radius 3 is 2.29 bits per heavy atom. The lowest BCUT2D eigenvalue weighted by atomic mass is 10.3. The molecule has 42 valence electrons. The zero-order valence-electron chi connectivity index (χ0n) is 4.68. The third kappa shape index (κ3) is 2.37. The van der Waals surface area contributed by atoms with Crippen molar-refractivity contribution < 1.29 is 5.11 Å². The van der Waals surface area contributed by atoms with E-state index in [2.05, 4.69) is 0 Å². The van der Waals surface area contributed by atoms with Gasteiger partial charge in [0.25, 0.3) is 0 Å². The average Bonchev–Trinajstić information content (AvgIpc) is 1.65. The highest BCUT2D eigenvalue weighted by Gasteiger charge is 1.92. The first-order valence-electron chi connectivity index (χ1n) is 2.25. The van der Waals surface area contributed by atoms with Gasteiger partial charge in [0.1, 0.15) is 6.23 Å². The normalized spacial score (nSPS) is 16.9. The first-order valence-corrected chi connectivity index (χ1v) is 2.25. The molecule has 2 nitrogen and oxygen atoms in total. The molecule has 0 radical (unpaired) electrons. The monoisotopic (exact) mass is 101 g/mol. The van der Waals surface area contributed by atoms with Gasteiger partial charge < -0.3 is 10.8 Å². The van der Waals surface area contributed by atoms with Gasteiger partial charge in [-0.1, -0.05) is 6.08 Å². The fourth-order valence-corrected chi connectivity index (χ4v) is 0.171. The number of rotatable bonds is 1. The van der Waals surface area contributed by atoms with Crippen LogP contribution in [0.25, 0.3) is 0 Å². The third-order valence-electron chi connectivity index (χ3n) is 0.922. The van der Waals surface area contributed by atoms with Crippen LogP contribution in [-0.4, -0.2) is 11.3 Å². The molecule has 0 saturated carbocycles. The number of hydrogen-bond donors (Lipinski definition) is 2. The van der Waals surface area contributed by atoms with Gasteiger partial charge in [0.15, 0.2) is 0 Å². The van der Waals surface area contributed by atoms with Crippen molar-refractivity contribution in [3.05, 3.63) is 11.6 Å². The summed E-state index contributed by atoms with van der Waals surface area (Å²) in [7, 11) is 0. The lowest BCUT2D eigenvalue weighted by Gasteiger charge is -2.00. The molecule has 0 aromatic heterocycles. The van der Waals surface area contributed by atoms with Gasteiger partial charge in [-0.15, -0.1) is 0 Å². The molecule has 7 heavy (non-hydrogen) atoms. The summed E-state index contributed by atoms with van der Waals surface area (Å²) in [6.45, 7) is 3.62. The molecule has 0 saturated heterocycles. The molecule has 0 spiro atoms. The van der Waals surface area contributed by atoms with Crippen LogP contribution < -0.4 is 5.73 Å². The second-order valence-electron chi connectivity index (χ2n) is 1.48. The molecule has 0 aliphatic heterocycles. The number of aliphatic hydroxyl groups excluding tert-OH is 1. The fourth-order valence-electron chi connectivity index (χ4n) is 0.171. The van der Waals surface area contributed by atoms with Crippen molar-refractivity contribution in [1.82, 2.24) is 0 Å². The van der Waals surface area contributed by atoms with E-state index in [1.165, 1.54) is 0 Å². The first kappa shape index (κ1) is 6.66. The minimum absolute atomic E-state index is 0.773. The molecule has 0 amide bonds. The predicted molar refractivity (Wildman–Crippen MR) is 29.6 cm³/mol. The summed E-state index contributed by atoms with van der Waals surface area (Å²) in [5, 5.41) is 8.53. The number of nitrogens with two attached hydrogens (primary N) is 1. The molecule has 0 aromatic rings. The maximum atomic E-state index is 8.53. The van der Waals surface area contributed by atoms with Crippen molar-refractivity contribution >= 4 is 0 Å². The Kier molecular flexibility index (Phi) is 2.64. The van der Waals surface area contributed by atoms with Crippen molar-refractivity contribution in [3.63, 3.8) is 0 Å². The van der Waals surface area contributed by atoms with Crippen LogP contribution in [0.1, 0.15) is 13.8 Å². The van der Waals surface area contributed by atoms with Gasteiger partial charge in [-0.25, -0.2) is 0 Å². The van der Waals surface area contributed by atoms with Crippen LogP contribution in [0.4, 0.5) is 0 Å². The molecule has 3 N–H and O–H groups in total. The molecular weight excluding hydrogens is 90.1 g/mol. The second kappa shape index (κ2) is 2.77. The van der Waals surface area contributed by atoms with E-state index in [-0.39, 0.29) is 0 Å². The molecule has 0 fully saturated rings. The van der Waals surface area contributed by atoms with E-state index in [0.717, 1.165) is 5.57 Å². The molecule has 1 unspecified atom stereocenters. The Balaban J connectivity index is 3.56. The van der Waals surface area contributed by atoms with Gasteiger partial charge in [0, 0.05) is 0 Å². The van der Waals surface area contributed by atoms with Crippen LogP contribution in [-0.2, 0) is 0 Å². The Morgan fingerprint density at radius 1 is 1.86 bits per heavy atom. The van der Waals surface area contributed by atoms with Gasteiger partial charge in [0.05, 0.1) is 0 Å². The van der Waals surface area contributed by atoms with Gasteiger partial charge in [-0.05, 0) is 19.4 Å². The molecule has 0 aliphatic rings. The van der Waals surface area contributed by atoms with Crippen molar-refractivity contribution in [2.24, 2.45) is 5.73 Å². The van der Waals surface area contributed by atoms with Crippen LogP contribution in [0, 0.1) is 0 Å². The predicted octanol–water partition coefficient (Wildman–Crippen LogP) is 0.230. The minimum atomic E-state index is -0.773. The highest BCUT2D eigenvalue weighted by Crippen LogP contribution is 1.91. The number of aliphatic hydroxyl groups is 1. The molecule has 1 atom stereocenters. The van der Waals surface area contributed by atoms with Crippen molar-refractivity contribution in [1.29, 1.82) is 0 Å². The Bertz CT molecular complexity index is 76.1. The minimum Gasteiger partial charge on any atom is -0.375 e. The summed E-state index contributed by atoms with van der Waals surface area (Å²) in [6.07, 6.45) is 1.01. The van der Waals surface area contributed by atoms with Crippen LogP contribution in [0.5, 0.6) is 0 Å². The van der Waals surface area contributed by atoms with E-state index in [9.17, 15) is 0 Å². The summed E-state index contributed by atoms with van der Waals surface area (Å²) in [6, 6.07) is 0. The zero-order valence-corrected chi connectivity index (χ0v) is 4.68. The van der Waals surface area contributed by atoms with Crippen LogP contribution in [0.15, 0.2) is 11.6 Å². The van der Waals surface area contributed by atoms with Gasteiger partial charge in [-0.2, -0.15) is 0 Å². The Hall–Kier alpha value is -0.340. The van der Waals surface area contributed by atoms with E-state index in [1.807, 2.05) is 6.92 Å². The molecule has 0 aliphatic carbocycles. The quantitative estimate of drug-likeness (QED) is 0.367. The maximum Gasteiger partial charge on any atom is 0.124 e. The Labute approximate surface area is 43.6 Å². The first-order chi connectivity index (χ1) is 3.18. The lowest BCUT2D eigenvalue weighted by Crippen LogP contribution is -2.19. The van der Waals surface area contributed by atoms with Crippen molar-refractivity contribution in [2.45, 2.75) is 20.1 Å². The molecule has 0 aromatic carbocycles. The molecule has 0 heterocycles. The average molecular weight is 101 g/mol. The smallest absolute Gasteiger partial charge is 0.124 e. The topological polar surface area (TPSA) is 46.2 Å². The summed E-state index contributed by atoms with van der Waals surface area (Å²) >= 11 is 0. The van der Waals surface area contributed by atoms with E-state index in [1.54, 1.807) is 13.0 Å². The second-order valence-corrected chi connectivity index (χ2v) is 1.48.